The minimum absolute atomic E-state index is 0.193. The van der Waals surface area contributed by atoms with Gasteiger partial charge in [-0.25, -0.2) is 22.7 Å². The molecule has 0 aliphatic heterocycles. The lowest BCUT2D eigenvalue weighted by molar-refractivity contribution is 0.224. The third-order valence-electron chi connectivity index (χ3n) is 4.46. The van der Waals surface area contributed by atoms with Gasteiger partial charge in [0.05, 0.1) is 4.90 Å². The Balaban J connectivity index is 2.62. The van der Waals surface area contributed by atoms with E-state index in [1.54, 1.807) is 24.3 Å². The molecule has 0 atom stereocenters. The molecule has 0 bridgehead atoms. The van der Waals surface area contributed by atoms with Gasteiger partial charge in [0.15, 0.2) is 0 Å². The molecule has 10 nitrogen and oxygen atoms in total. The molecule has 0 saturated heterocycles. The zero-order valence-electron chi connectivity index (χ0n) is 21.5. The summed E-state index contributed by atoms with van der Waals surface area (Å²) in [6.45, 7) is 15.6. The van der Waals surface area contributed by atoms with Gasteiger partial charge in [-0.05, 0) is 60.6 Å². The van der Waals surface area contributed by atoms with E-state index in [-0.39, 0.29) is 34.6 Å². The molecule has 0 fully saturated rings. The summed E-state index contributed by atoms with van der Waals surface area (Å²) in [6.07, 6.45) is 0. The molecule has 1 aromatic carbocycles. The first kappa shape index (κ1) is 29.7. The Morgan fingerprint density at radius 1 is 0.765 bits per heavy atom. The lowest BCUT2D eigenvalue weighted by Crippen LogP contribution is -2.50. The number of aryl methyl sites for hydroxylation is 1. The second kappa shape index (κ2) is 12.9. The Hall–Kier alpha value is -2.37. The Kier molecular flexibility index (Phi) is 11.3. The molecule has 0 radical (unpaired) electrons. The maximum Gasteiger partial charge on any atom is 0.315 e. The standard InChI is InChI=1S/C23H42N6O4S/c1-18-8-10-19(11-9-18)34(32,33)26-14-17-29(15-12-24-20(30)27-22(2,3)4)16-13-25-21(31)28-23(5,6)7/h8-11,26H,12-17H2,1-7H3,(H2,24,27,30)(H2,25,28,31). The number of sulfonamides is 1. The van der Waals surface area contributed by atoms with Crippen LogP contribution in [0.25, 0.3) is 0 Å². The van der Waals surface area contributed by atoms with E-state index in [9.17, 15) is 18.0 Å². The van der Waals surface area contributed by atoms with Gasteiger partial charge in [-0.15, -0.1) is 0 Å². The number of nitrogens with one attached hydrogen (secondary N) is 5. The molecule has 0 aliphatic rings. The third-order valence-corrected chi connectivity index (χ3v) is 5.93. The Bertz CT molecular complexity index is 856. The van der Waals surface area contributed by atoms with Crippen molar-refractivity contribution >= 4 is 22.1 Å². The number of hydrogen-bond donors (Lipinski definition) is 5. The molecule has 0 saturated carbocycles. The van der Waals surface area contributed by atoms with E-state index in [2.05, 4.69) is 26.0 Å². The van der Waals surface area contributed by atoms with E-state index >= 15 is 0 Å². The monoisotopic (exact) mass is 498 g/mol. The highest BCUT2D eigenvalue weighted by atomic mass is 32.2. The van der Waals surface area contributed by atoms with Crippen LogP contribution >= 0.6 is 0 Å². The van der Waals surface area contributed by atoms with Crippen LogP contribution in [-0.4, -0.2) is 75.7 Å². The van der Waals surface area contributed by atoms with E-state index in [0.29, 0.717) is 32.7 Å². The summed E-state index contributed by atoms with van der Waals surface area (Å²) in [5.41, 5.74) is 0.293. The summed E-state index contributed by atoms with van der Waals surface area (Å²) >= 11 is 0. The van der Waals surface area contributed by atoms with Crippen molar-refractivity contribution in [2.75, 3.05) is 39.3 Å². The van der Waals surface area contributed by atoms with Crippen molar-refractivity contribution in [2.24, 2.45) is 0 Å². The van der Waals surface area contributed by atoms with Crippen LogP contribution in [0.3, 0.4) is 0 Å². The molecule has 0 heterocycles. The van der Waals surface area contributed by atoms with Crippen molar-refractivity contribution in [3.05, 3.63) is 29.8 Å². The second-order valence-corrected chi connectivity index (χ2v) is 12.1. The van der Waals surface area contributed by atoms with Gasteiger partial charge in [0.2, 0.25) is 10.0 Å². The number of hydrogen-bond acceptors (Lipinski definition) is 5. The number of rotatable bonds is 11. The van der Waals surface area contributed by atoms with Crippen LogP contribution < -0.4 is 26.0 Å². The van der Waals surface area contributed by atoms with Gasteiger partial charge in [0.25, 0.3) is 0 Å². The van der Waals surface area contributed by atoms with Gasteiger partial charge in [0, 0.05) is 50.3 Å². The zero-order valence-corrected chi connectivity index (χ0v) is 22.4. The first-order valence-corrected chi connectivity index (χ1v) is 13.0. The fourth-order valence-electron chi connectivity index (χ4n) is 2.90. The quantitative estimate of drug-likeness (QED) is 0.317. The number of nitrogens with zero attached hydrogens (tertiary/aromatic N) is 1. The molecule has 0 aliphatic carbocycles. The zero-order chi connectivity index (χ0) is 26.0. The first-order valence-electron chi connectivity index (χ1n) is 11.5. The molecule has 5 N–H and O–H groups in total. The summed E-state index contributed by atoms with van der Waals surface area (Å²) < 4.78 is 27.7. The number of amides is 4. The van der Waals surface area contributed by atoms with Gasteiger partial charge in [0.1, 0.15) is 0 Å². The first-order chi connectivity index (χ1) is 15.6. The molecule has 0 unspecified atom stereocenters. The fourth-order valence-corrected chi connectivity index (χ4v) is 3.92. The fraction of sp³-hybridized carbons (Fsp3) is 0.652. The van der Waals surface area contributed by atoms with Crippen LogP contribution in [-0.2, 0) is 10.0 Å². The largest absolute Gasteiger partial charge is 0.337 e. The maximum absolute atomic E-state index is 12.5. The second-order valence-electron chi connectivity index (χ2n) is 10.3. The van der Waals surface area contributed by atoms with Crippen LogP contribution in [0.15, 0.2) is 29.2 Å². The van der Waals surface area contributed by atoms with Crippen molar-refractivity contribution < 1.29 is 18.0 Å². The van der Waals surface area contributed by atoms with Gasteiger partial charge in [-0.3, -0.25) is 4.90 Å². The summed E-state index contributed by atoms with van der Waals surface area (Å²) in [4.78, 5) is 26.2. The highest BCUT2D eigenvalue weighted by Crippen LogP contribution is 2.09. The summed E-state index contributed by atoms with van der Waals surface area (Å²) in [5, 5.41) is 11.3. The van der Waals surface area contributed by atoms with E-state index < -0.39 is 10.0 Å². The molecule has 11 heteroatoms. The van der Waals surface area contributed by atoms with Crippen molar-refractivity contribution in [1.82, 2.24) is 30.9 Å². The van der Waals surface area contributed by atoms with Gasteiger partial charge >= 0.3 is 12.1 Å². The molecule has 0 aromatic heterocycles. The van der Waals surface area contributed by atoms with Crippen molar-refractivity contribution in [2.45, 2.75) is 64.4 Å². The average Bonchev–Trinajstić information content (AvgIpc) is 2.65. The molecular weight excluding hydrogens is 456 g/mol. The lowest BCUT2D eigenvalue weighted by Gasteiger charge is -2.25. The van der Waals surface area contributed by atoms with Crippen LogP contribution in [0.2, 0.25) is 0 Å². The minimum atomic E-state index is -3.62. The van der Waals surface area contributed by atoms with E-state index in [1.165, 1.54) is 0 Å². The van der Waals surface area contributed by atoms with E-state index in [1.807, 2.05) is 53.4 Å². The normalized spacial score (nSPS) is 12.4. The predicted octanol–water partition coefficient (Wildman–Crippen LogP) is 1.77. The predicted molar refractivity (Wildman–Crippen MR) is 135 cm³/mol. The Morgan fingerprint density at radius 3 is 1.59 bits per heavy atom. The van der Waals surface area contributed by atoms with E-state index in [4.69, 9.17) is 0 Å². The molecule has 194 valence electrons. The molecule has 1 aromatic rings. The molecule has 34 heavy (non-hydrogen) atoms. The highest BCUT2D eigenvalue weighted by Gasteiger charge is 2.17. The average molecular weight is 499 g/mol. The topological polar surface area (TPSA) is 132 Å². The number of benzene rings is 1. The number of carbonyl (C=O) groups is 2. The van der Waals surface area contributed by atoms with Crippen molar-refractivity contribution in [1.29, 1.82) is 0 Å². The van der Waals surface area contributed by atoms with Gasteiger partial charge < -0.3 is 21.3 Å². The summed E-state index contributed by atoms with van der Waals surface area (Å²) in [5.74, 6) is 0. The summed E-state index contributed by atoms with van der Waals surface area (Å²) in [7, 11) is -3.62. The van der Waals surface area contributed by atoms with Crippen molar-refractivity contribution in [3.8, 4) is 0 Å². The third kappa shape index (κ3) is 13.4. The Morgan fingerprint density at radius 2 is 1.18 bits per heavy atom. The molecular formula is C23H42N6O4S. The van der Waals surface area contributed by atoms with Crippen LogP contribution in [0.5, 0.6) is 0 Å². The molecule has 1 rings (SSSR count). The van der Waals surface area contributed by atoms with Gasteiger partial charge in [-0.2, -0.15) is 0 Å². The van der Waals surface area contributed by atoms with Crippen LogP contribution in [0, 0.1) is 6.92 Å². The minimum Gasteiger partial charge on any atom is -0.337 e. The van der Waals surface area contributed by atoms with Crippen molar-refractivity contribution in [3.63, 3.8) is 0 Å². The highest BCUT2D eigenvalue weighted by molar-refractivity contribution is 7.89. The Labute approximate surface area is 204 Å². The smallest absolute Gasteiger partial charge is 0.315 e. The number of carbonyl (C=O) groups excluding carboxylic acids is 2. The van der Waals surface area contributed by atoms with Gasteiger partial charge in [-0.1, -0.05) is 17.7 Å². The summed E-state index contributed by atoms with van der Waals surface area (Å²) in [6, 6.07) is 6.12. The van der Waals surface area contributed by atoms with E-state index in [0.717, 1.165) is 5.56 Å². The SMILES string of the molecule is Cc1ccc(S(=O)(=O)NCCN(CCNC(=O)NC(C)(C)C)CCNC(=O)NC(C)(C)C)cc1. The van der Waals surface area contributed by atoms with Crippen LogP contribution in [0.4, 0.5) is 9.59 Å². The lowest BCUT2D eigenvalue weighted by atomic mass is 10.1. The van der Waals surface area contributed by atoms with Crippen LogP contribution in [0.1, 0.15) is 47.1 Å². The number of urea groups is 2. The molecule has 0 spiro atoms. The molecule has 4 amide bonds. The maximum atomic E-state index is 12.5.